The fourth-order valence-corrected chi connectivity index (χ4v) is 2.45. The van der Waals surface area contributed by atoms with E-state index in [1.165, 1.54) is 50.1 Å². The van der Waals surface area contributed by atoms with Crippen molar-refractivity contribution in [3.8, 4) is 0 Å². The number of unbranched alkanes of at least 4 members (excludes halogenated alkanes) is 3. The van der Waals surface area contributed by atoms with Crippen LogP contribution in [0.25, 0.3) is 0 Å². The van der Waals surface area contributed by atoms with Gasteiger partial charge in [-0.3, -0.25) is 0 Å². The van der Waals surface area contributed by atoms with Crippen molar-refractivity contribution < 1.29 is 0 Å². The molecule has 92 valence electrons. The van der Waals surface area contributed by atoms with Crippen LogP contribution in [0.2, 0.25) is 0 Å². The molecule has 0 atom stereocenters. The molecule has 0 aliphatic rings. The Hall–Kier alpha value is -0.380. The van der Waals surface area contributed by atoms with Gasteiger partial charge in [-0.2, -0.15) is 0 Å². The van der Waals surface area contributed by atoms with Crippen molar-refractivity contribution in [2.45, 2.75) is 32.1 Å². The van der Waals surface area contributed by atoms with Crippen molar-refractivity contribution >= 4 is 11.3 Å². The zero-order chi connectivity index (χ0) is 11.6. The van der Waals surface area contributed by atoms with E-state index in [1.807, 2.05) is 11.3 Å². The van der Waals surface area contributed by atoms with Crippen LogP contribution in [0, 0.1) is 0 Å². The molecule has 1 aromatic rings. The van der Waals surface area contributed by atoms with Gasteiger partial charge in [0.1, 0.15) is 0 Å². The summed E-state index contributed by atoms with van der Waals surface area (Å²) in [5, 5.41) is 2.15. The molecule has 0 radical (unpaired) electrons. The Bertz CT molecular complexity index is 246. The summed E-state index contributed by atoms with van der Waals surface area (Å²) in [5.41, 5.74) is 5.46. The Labute approximate surface area is 103 Å². The molecule has 16 heavy (non-hydrogen) atoms. The molecule has 0 unspecified atom stereocenters. The minimum Gasteiger partial charge on any atom is -0.330 e. The molecule has 0 aliphatic carbocycles. The third-order valence-corrected chi connectivity index (χ3v) is 3.75. The standard InChI is InChI=1S/C13H24N2S/c1-15(10-5-3-2-4-9-14)11-8-13-7-6-12-16-13/h6-7,12H,2-5,8-11,14H2,1H3. The summed E-state index contributed by atoms with van der Waals surface area (Å²) >= 11 is 1.86. The van der Waals surface area contributed by atoms with Crippen LogP contribution in [0.1, 0.15) is 30.6 Å². The van der Waals surface area contributed by atoms with E-state index in [0.717, 1.165) is 6.54 Å². The SMILES string of the molecule is CN(CCCCCCN)CCc1cccs1. The molecule has 1 heterocycles. The summed E-state index contributed by atoms with van der Waals surface area (Å²) in [6.45, 7) is 3.24. The minimum absolute atomic E-state index is 0.841. The lowest BCUT2D eigenvalue weighted by molar-refractivity contribution is 0.329. The third kappa shape index (κ3) is 6.26. The molecule has 0 aromatic carbocycles. The van der Waals surface area contributed by atoms with E-state index in [0.29, 0.717) is 0 Å². The van der Waals surface area contributed by atoms with Gasteiger partial charge in [-0.1, -0.05) is 18.9 Å². The van der Waals surface area contributed by atoms with Crippen LogP contribution in [-0.4, -0.2) is 31.6 Å². The van der Waals surface area contributed by atoms with Crippen LogP contribution >= 0.6 is 11.3 Å². The van der Waals surface area contributed by atoms with Crippen molar-refractivity contribution in [2.75, 3.05) is 26.7 Å². The number of hydrogen-bond donors (Lipinski definition) is 1. The van der Waals surface area contributed by atoms with Crippen molar-refractivity contribution in [2.24, 2.45) is 5.73 Å². The smallest absolute Gasteiger partial charge is 0.00579 e. The maximum absolute atomic E-state index is 5.46. The van der Waals surface area contributed by atoms with Crippen molar-refractivity contribution in [3.63, 3.8) is 0 Å². The van der Waals surface area contributed by atoms with E-state index < -0.39 is 0 Å². The second-order valence-corrected chi connectivity index (χ2v) is 5.37. The second kappa shape index (κ2) is 8.74. The molecule has 1 rings (SSSR count). The Morgan fingerprint density at radius 1 is 1.19 bits per heavy atom. The Kier molecular flexibility index (Phi) is 7.47. The van der Waals surface area contributed by atoms with E-state index in [2.05, 4.69) is 29.5 Å². The van der Waals surface area contributed by atoms with Crippen molar-refractivity contribution in [1.29, 1.82) is 0 Å². The van der Waals surface area contributed by atoms with Gasteiger partial charge in [0.25, 0.3) is 0 Å². The van der Waals surface area contributed by atoms with Crippen molar-refractivity contribution in [1.82, 2.24) is 4.90 Å². The predicted octanol–water partition coefficient (Wildman–Crippen LogP) is 2.74. The number of likely N-dealkylation sites (N-methyl/N-ethyl adjacent to an activating group) is 1. The van der Waals surface area contributed by atoms with E-state index in [-0.39, 0.29) is 0 Å². The van der Waals surface area contributed by atoms with Gasteiger partial charge in [0.2, 0.25) is 0 Å². The third-order valence-electron chi connectivity index (χ3n) is 2.81. The zero-order valence-corrected chi connectivity index (χ0v) is 11.1. The second-order valence-electron chi connectivity index (χ2n) is 4.34. The summed E-state index contributed by atoms with van der Waals surface area (Å²) in [7, 11) is 2.22. The summed E-state index contributed by atoms with van der Waals surface area (Å²) in [6.07, 6.45) is 6.28. The number of hydrogen-bond acceptors (Lipinski definition) is 3. The lowest BCUT2D eigenvalue weighted by atomic mass is 10.2. The molecule has 2 N–H and O–H groups in total. The number of rotatable bonds is 9. The van der Waals surface area contributed by atoms with Gasteiger partial charge >= 0.3 is 0 Å². The van der Waals surface area contributed by atoms with Crippen molar-refractivity contribution in [3.05, 3.63) is 22.4 Å². The molecular formula is C13H24N2S. The molecule has 1 aromatic heterocycles. The highest BCUT2D eigenvalue weighted by atomic mass is 32.1. The summed E-state index contributed by atoms with van der Waals surface area (Å²) in [6, 6.07) is 4.35. The first kappa shape index (κ1) is 13.7. The van der Waals surface area contributed by atoms with Crippen LogP contribution in [0.3, 0.4) is 0 Å². The topological polar surface area (TPSA) is 29.3 Å². The van der Waals surface area contributed by atoms with Crippen LogP contribution < -0.4 is 5.73 Å². The van der Waals surface area contributed by atoms with E-state index in [9.17, 15) is 0 Å². The summed E-state index contributed by atoms with van der Waals surface area (Å²) in [5.74, 6) is 0. The molecule has 0 fully saturated rings. The van der Waals surface area contributed by atoms with E-state index in [1.54, 1.807) is 0 Å². The molecule has 2 nitrogen and oxygen atoms in total. The van der Waals surface area contributed by atoms with Crippen LogP contribution in [-0.2, 0) is 6.42 Å². The first-order valence-electron chi connectivity index (χ1n) is 6.24. The molecular weight excluding hydrogens is 216 g/mol. The normalized spacial score (nSPS) is 11.2. The van der Waals surface area contributed by atoms with E-state index >= 15 is 0 Å². The average Bonchev–Trinajstić information content (AvgIpc) is 2.79. The highest BCUT2D eigenvalue weighted by Crippen LogP contribution is 2.09. The van der Waals surface area contributed by atoms with Gasteiger partial charge in [0, 0.05) is 11.4 Å². The molecule has 0 spiro atoms. The zero-order valence-electron chi connectivity index (χ0n) is 10.3. The lowest BCUT2D eigenvalue weighted by Gasteiger charge is -2.15. The highest BCUT2D eigenvalue weighted by molar-refractivity contribution is 7.09. The monoisotopic (exact) mass is 240 g/mol. The Morgan fingerprint density at radius 2 is 2.00 bits per heavy atom. The van der Waals surface area contributed by atoms with Crippen LogP contribution in [0.5, 0.6) is 0 Å². The highest BCUT2D eigenvalue weighted by Gasteiger charge is 1.99. The molecule has 0 amide bonds. The minimum atomic E-state index is 0.841. The maximum Gasteiger partial charge on any atom is 0.00579 e. The molecule has 3 heteroatoms. The number of nitrogens with two attached hydrogens (primary N) is 1. The van der Waals surface area contributed by atoms with Crippen LogP contribution in [0.15, 0.2) is 17.5 Å². The molecule has 0 saturated heterocycles. The van der Waals surface area contributed by atoms with E-state index in [4.69, 9.17) is 5.73 Å². The van der Waals surface area contributed by atoms with Gasteiger partial charge in [0.05, 0.1) is 0 Å². The summed E-state index contributed by atoms with van der Waals surface area (Å²) < 4.78 is 0. The lowest BCUT2D eigenvalue weighted by Crippen LogP contribution is -2.22. The van der Waals surface area contributed by atoms with Gasteiger partial charge in [0.15, 0.2) is 0 Å². The Morgan fingerprint density at radius 3 is 2.69 bits per heavy atom. The van der Waals surface area contributed by atoms with Gasteiger partial charge in [-0.25, -0.2) is 0 Å². The first-order chi connectivity index (χ1) is 7.83. The maximum atomic E-state index is 5.46. The predicted molar refractivity (Wildman–Crippen MR) is 73.0 cm³/mol. The van der Waals surface area contributed by atoms with Crippen LogP contribution in [0.4, 0.5) is 0 Å². The summed E-state index contributed by atoms with van der Waals surface area (Å²) in [4.78, 5) is 3.93. The van der Waals surface area contributed by atoms with Gasteiger partial charge < -0.3 is 10.6 Å². The average molecular weight is 240 g/mol. The fraction of sp³-hybridized carbons (Fsp3) is 0.692. The van der Waals surface area contributed by atoms with Gasteiger partial charge in [-0.05, 0) is 50.8 Å². The number of nitrogens with zero attached hydrogens (tertiary/aromatic N) is 1. The first-order valence-corrected chi connectivity index (χ1v) is 7.12. The fourth-order valence-electron chi connectivity index (χ4n) is 1.75. The quantitative estimate of drug-likeness (QED) is 0.673. The van der Waals surface area contributed by atoms with Gasteiger partial charge in [-0.15, -0.1) is 11.3 Å². The number of thiophene rings is 1. The largest absolute Gasteiger partial charge is 0.330 e. The Balaban J connectivity index is 1.96. The molecule has 0 bridgehead atoms. The molecule has 0 aliphatic heterocycles. The molecule has 0 saturated carbocycles.